The Morgan fingerprint density at radius 3 is 2.24 bits per heavy atom. The van der Waals surface area contributed by atoms with Gasteiger partial charge in [0, 0.05) is 48.6 Å². The number of nitrogens with two attached hydrogens (primary N) is 1. The average molecular weight is 667 g/mol. The van der Waals surface area contributed by atoms with Crippen LogP contribution in [0.2, 0.25) is 5.02 Å². The van der Waals surface area contributed by atoms with Crippen LogP contribution < -0.4 is 5.73 Å². The average Bonchev–Trinajstić information content (AvgIpc) is 3.73. The number of hydrogen-bond donors (Lipinski definition) is 1. The zero-order valence-electron chi connectivity index (χ0n) is 28.1. The SMILES string of the molecule is CC[N+]1(C(=O)[C@@H]2CN(C(C)(C)C)C[C@H]2c2ccc(Cl)cc2)C[C@@H](N(C(=O)[C@@H]2CCCO2)C2CCC(C)(C)CC2)C[C@H]1C(N)=O.Cl. The number of carbonyl (C=O) groups excluding carboxylic acids is 3. The number of halogens is 2. The van der Waals surface area contributed by atoms with Crippen molar-refractivity contribution in [1.29, 1.82) is 0 Å². The Kier molecular flexibility index (Phi) is 11.1. The third-order valence-electron chi connectivity index (χ3n) is 11.4. The number of rotatable bonds is 7. The number of likely N-dealkylation sites (tertiary alicyclic amines) is 2. The van der Waals surface area contributed by atoms with Crippen molar-refractivity contribution in [2.45, 2.75) is 122 Å². The molecule has 1 aromatic carbocycles. The van der Waals surface area contributed by atoms with Gasteiger partial charge in [-0.25, -0.2) is 9.28 Å². The molecule has 1 saturated carbocycles. The summed E-state index contributed by atoms with van der Waals surface area (Å²) in [5.74, 6) is -0.694. The van der Waals surface area contributed by atoms with Gasteiger partial charge in [0.1, 0.15) is 12.6 Å². The lowest BCUT2D eigenvalue weighted by Gasteiger charge is -2.43. The number of primary amides is 1. The van der Waals surface area contributed by atoms with Crippen molar-refractivity contribution in [1.82, 2.24) is 9.80 Å². The molecule has 1 aliphatic carbocycles. The summed E-state index contributed by atoms with van der Waals surface area (Å²) in [6.07, 6.45) is 5.49. The molecule has 10 heteroatoms. The summed E-state index contributed by atoms with van der Waals surface area (Å²) in [7, 11) is 0. The van der Waals surface area contributed by atoms with Crippen LogP contribution in [0.25, 0.3) is 0 Å². The quantitative estimate of drug-likeness (QED) is 0.386. The first-order valence-corrected chi connectivity index (χ1v) is 17.2. The summed E-state index contributed by atoms with van der Waals surface area (Å²) < 4.78 is 5.91. The number of hydrogen-bond acceptors (Lipinski definition) is 5. The highest BCUT2D eigenvalue weighted by molar-refractivity contribution is 6.30. The Morgan fingerprint density at radius 1 is 1.07 bits per heavy atom. The van der Waals surface area contributed by atoms with E-state index >= 15 is 4.79 Å². The molecule has 3 heterocycles. The maximum Gasteiger partial charge on any atom is 0.319 e. The van der Waals surface area contributed by atoms with Crippen LogP contribution in [0.15, 0.2) is 24.3 Å². The third kappa shape index (κ3) is 7.25. The van der Waals surface area contributed by atoms with Crippen molar-refractivity contribution in [3.8, 4) is 0 Å². The van der Waals surface area contributed by atoms with E-state index in [1.807, 2.05) is 31.2 Å². The highest BCUT2D eigenvalue weighted by atomic mass is 35.5. The number of carbonyl (C=O) groups is 3. The zero-order valence-corrected chi connectivity index (χ0v) is 29.7. The molecule has 4 aliphatic rings. The van der Waals surface area contributed by atoms with Crippen LogP contribution >= 0.6 is 24.0 Å². The van der Waals surface area contributed by atoms with Gasteiger partial charge in [0.05, 0.1) is 18.5 Å². The van der Waals surface area contributed by atoms with Crippen molar-refractivity contribution >= 4 is 41.7 Å². The van der Waals surface area contributed by atoms with Gasteiger partial charge in [-0.3, -0.25) is 14.5 Å². The largest absolute Gasteiger partial charge is 0.368 e. The molecule has 0 radical (unpaired) electrons. The normalized spacial score (nSPS) is 32.3. The van der Waals surface area contributed by atoms with Gasteiger partial charge in [0.2, 0.25) is 0 Å². The lowest BCUT2D eigenvalue weighted by Crippen LogP contribution is -2.63. The van der Waals surface area contributed by atoms with Gasteiger partial charge in [-0.15, -0.1) is 12.4 Å². The fraction of sp³-hybridized carbons (Fsp3) is 0.743. The van der Waals surface area contributed by atoms with Gasteiger partial charge in [-0.2, -0.15) is 0 Å². The van der Waals surface area contributed by atoms with Crippen LogP contribution in [0.3, 0.4) is 0 Å². The molecule has 2 N–H and O–H groups in total. The van der Waals surface area contributed by atoms with Crippen molar-refractivity contribution in [3.05, 3.63) is 34.9 Å². The predicted octanol–water partition coefficient (Wildman–Crippen LogP) is 5.54. The molecule has 3 amide bonds. The second-order valence-corrected chi connectivity index (χ2v) is 16.1. The smallest absolute Gasteiger partial charge is 0.319 e. The second-order valence-electron chi connectivity index (χ2n) is 15.7. The Bertz CT molecular complexity index is 1220. The molecule has 3 saturated heterocycles. The zero-order chi connectivity index (χ0) is 32.0. The standard InChI is InChI=1S/C35H53ClN4O4.ClH/c1-7-40(33(43)28-21-38(34(2,3)4)20-27(28)23-10-12-24(36)13-11-23)22-26(19-29(40)31(37)41)39(32(42)30-9-8-18-44-30)25-14-16-35(5,6)17-15-25;/h10-13,25-30H,7-9,14-22H2,1-6H3,(H-,37,41);1H/p+1/t26-,27-,28+,29-,30-,40?;/m0./s1. The highest BCUT2D eigenvalue weighted by Crippen LogP contribution is 2.44. The lowest BCUT2D eigenvalue weighted by molar-refractivity contribution is -0.858. The van der Waals surface area contributed by atoms with Crippen LogP contribution in [0.5, 0.6) is 0 Å². The topological polar surface area (TPSA) is 92.9 Å². The summed E-state index contributed by atoms with van der Waals surface area (Å²) in [6.45, 7) is 16.0. The highest BCUT2D eigenvalue weighted by Gasteiger charge is 2.60. The minimum atomic E-state index is -0.674. The summed E-state index contributed by atoms with van der Waals surface area (Å²) >= 11 is 6.25. The summed E-state index contributed by atoms with van der Waals surface area (Å²) in [6, 6.07) is 7.00. The van der Waals surface area contributed by atoms with E-state index in [2.05, 4.69) is 44.4 Å². The predicted molar refractivity (Wildman–Crippen MR) is 180 cm³/mol. The summed E-state index contributed by atoms with van der Waals surface area (Å²) in [5, 5.41) is 0.664. The Balaban J connectivity index is 0.00000461. The molecular weight excluding hydrogens is 611 g/mol. The van der Waals surface area contributed by atoms with Crippen LogP contribution in [0, 0.1) is 11.3 Å². The molecule has 1 unspecified atom stereocenters. The molecule has 0 spiro atoms. The molecule has 252 valence electrons. The van der Waals surface area contributed by atoms with E-state index < -0.39 is 18.1 Å². The maximum absolute atomic E-state index is 15.1. The first-order chi connectivity index (χ1) is 20.7. The van der Waals surface area contributed by atoms with Crippen molar-refractivity contribution in [3.63, 3.8) is 0 Å². The van der Waals surface area contributed by atoms with E-state index in [0.29, 0.717) is 37.7 Å². The Morgan fingerprint density at radius 2 is 1.71 bits per heavy atom. The number of likely N-dealkylation sites (N-methyl/N-ethyl adjacent to an activating group) is 1. The van der Waals surface area contributed by atoms with Gasteiger partial charge in [-0.1, -0.05) is 37.6 Å². The molecule has 5 rings (SSSR count). The minimum Gasteiger partial charge on any atom is -0.368 e. The molecular formula is C35H55Cl2N4O4+. The lowest BCUT2D eigenvalue weighted by atomic mass is 9.75. The molecule has 4 fully saturated rings. The number of benzene rings is 1. The first-order valence-electron chi connectivity index (χ1n) is 16.8. The summed E-state index contributed by atoms with van der Waals surface area (Å²) in [5.41, 5.74) is 7.37. The second kappa shape index (κ2) is 13.8. The van der Waals surface area contributed by atoms with Gasteiger partial charge in [0.15, 0.2) is 6.04 Å². The molecule has 45 heavy (non-hydrogen) atoms. The van der Waals surface area contributed by atoms with E-state index in [-0.39, 0.29) is 63.6 Å². The van der Waals surface area contributed by atoms with Crippen LogP contribution in [0.1, 0.15) is 98.0 Å². The minimum absolute atomic E-state index is 0. The van der Waals surface area contributed by atoms with E-state index in [1.165, 1.54) is 0 Å². The van der Waals surface area contributed by atoms with Gasteiger partial charge < -0.3 is 15.4 Å². The summed E-state index contributed by atoms with van der Waals surface area (Å²) in [4.78, 5) is 47.0. The fourth-order valence-electron chi connectivity index (χ4n) is 8.59. The molecule has 0 aromatic heterocycles. The Hall–Kier alpha value is -1.71. The number of nitrogens with zero attached hydrogens (tertiary/aromatic N) is 3. The fourth-order valence-corrected chi connectivity index (χ4v) is 8.71. The van der Waals surface area contributed by atoms with Crippen molar-refractivity contribution in [2.24, 2.45) is 17.1 Å². The van der Waals surface area contributed by atoms with Crippen LogP contribution in [0.4, 0.5) is 0 Å². The van der Waals surface area contributed by atoms with Gasteiger partial charge in [0.25, 0.3) is 11.8 Å². The van der Waals surface area contributed by atoms with Gasteiger partial charge >= 0.3 is 5.91 Å². The van der Waals surface area contributed by atoms with E-state index in [4.69, 9.17) is 22.1 Å². The van der Waals surface area contributed by atoms with E-state index in [0.717, 1.165) is 50.6 Å². The Labute approximate surface area is 281 Å². The van der Waals surface area contributed by atoms with Crippen molar-refractivity contribution < 1.29 is 23.6 Å². The van der Waals surface area contributed by atoms with E-state index in [9.17, 15) is 9.59 Å². The van der Waals surface area contributed by atoms with Crippen molar-refractivity contribution in [2.75, 3.05) is 32.8 Å². The molecule has 8 nitrogen and oxygen atoms in total. The molecule has 1 aromatic rings. The molecule has 0 bridgehead atoms. The third-order valence-corrected chi connectivity index (χ3v) is 11.7. The molecule has 3 aliphatic heterocycles. The number of ether oxygens (including phenoxy) is 1. The van der Waals surface area contributed by atoms with Gasteiger partial charge in [-0.05, 0) is 89.3 Å². The first kappa shape index (κ1) is 36.1. The number of amides is 3. The number of quaternary nitrogens is 1. The van der Waals surface area contributed by atoms with Crippen LogP contribution in [-0.2, 0) is 19.1 Å². The van der Waals surface area contributed by atoms with E-state index in [1.54, 1.807) is 0 Å². The van der Waals surface area contributed by atoms with Crippen LogP contribution in [-0.4, -0.2) is 94.6 Å². The molecule has 6 atom stereocenters. The maximum atomic E-state index is 15.1. The monoisotopic (exact) mass is 665 g/mol.